The topological polar surface area (TPSA) is 63.8 Å². The van der Waals surface area contributed by atoms with Gasteiger partial charge in [-0.25, -0.2) is 0 Å². The summed E-state index contributed by atoms with van der Waals surface area (Å²) in [6.45, 7) is 2.73. The lowest BCUT2D eigenvalue weighted by molar-refractivity contribution is 0.457. The Morgan fingerprint density at radius 2 is 2.27 bits per heavy atom. The fourth-order valence-electron chi connectivity index (χ4n) is 1.72. The highest BCUT2D eigenvalue weighted by Gasteiger charge is 2.40. The van der Waals surface area contributed by atoms with E-state index in [4.69, 9.17) is 17.3 Å². The van der Waals surface area contributed by atoms with Crippen molar-refractivity contribution in [1.82, 2.24) is 10.2 Å². The summed E-state index contributed by atoms with van der Waals surface area (Å²) >= 11 is 5.67. The number of nitrogens with two attached hydrogens (primary N) is 1. The molecule has 0 saturated heterocycles. The van der Waals surface area contributed by atoms with Crippen molar-refractivity contribution in [3.63, 3.8) is 0 Å². The molecule has 15 heavy (non-hydrogen) atoms. The van der Waals surface area contributed by atoms with Gasteiger partial charge in [0.2, 0.25) is 0 Å². The zero-order valence-corrected chi connectivity index (χ0v) is 9.46. The quantitative estimate of drug-likeness (QED) is 0.820. The Morgan fingerprint density at radius 1 is 1.53 bits per heavy atom. The van der Waals surface area contributed by atoms with Gasteiger partial charge in [-0.1, -0.05) is 11.6 Å². The fourth-order valence-corrected chi connectivity index (χ4v) is 1.82. The molecule has 1 aromatic rings. The molecule has 82 valence electrons. The van der Waals surface area contributed by atoms with Crippen LogP contribution in [0, 0.1) is 5.92 Å². The number of hydrogen-bond acceptors (Lipinski definition) is 4. The van der Waals surface area contributed by atoms with Crippen molar-refractivity contribution in [2.75, 3.05) is 11.9 Å². The molecular weight excluding hydrogens is 212 g/mol. The van der Waals surface area contributed by atoms with E-state index in [2.05, 4.69) is 22.4 Å². The summed E-state index contributed by atoms with van der Waals surface area (Å²) in [4.78, 5) is 0. The molecule has 0 radical (unpaired) electrons. The first kappa shape index (κ1) is 10.6. The predicted octanol–water partition coefficient (Wildman–Crippen LogP) is 1.67. The molecule has 0 bridgehead atoms. The van der Waals surface area contributed by atoms with E-state index >= 15 is 0 Å². The van der Waals surface area contributed by atoms with Crippen molar-refractivity contribution >= 4 is 17.4 Å². The van der Waals surface area contributed by atoms with Crippen molar-refractivity contribution < 1.29 is 0 Å². The number of rotatable bonds is 4. The van der Waals surface area contributed by atoms with Crippen LogP contribution in [0.1, 0.15) is 19.8 Å². The van der Waals surface area contributed by atoms with Gasteiger partial charge in [0.25, 0.3) is 0 Å². The second-order valence-electron chi connectivity index (χ2n) is 4.26. The van der Waals surface area contributed by atoms with Gasteiger partial charge in [-0.2, -0.15) is 0 Å². The molecule has 1 aromatic heterocycles. The SMILES string of the molecule is CC(CN)(Nc1ccc(Cl)nn1)C1CC1. The Hall–Kier alpha value is -0.870. The van der Waals surface area contributed by atoms with E-state index in [1.165, 1.54) is 12.8 Å². The van der Waals surface area contributed by atoms with Crippen LogP contribution in [0.2, 0.25) is 5.15 Å². The summed E-state index contributed by atoms with van der Waals surface area (Å²) in [6.07, 6.45) is 2.48. The van der Waals surface area contributed by atoms with E-state index in [0.29, 0.717) is 17.6 Å². The van der Waals surface area contributed by atoms with Crippen LogP contribution in [0.25, 0.3) is 0 Å². The van der Waals surface area contributed by atoms with Crippen molar-refractivity contribution in [2.24, 2.45) is 11.7 Å². The molecule has 1 aliphatic rings. The molecular formula is C10H15ClN4. The minimum atomic E-state index is -0.0670. The average molecular weight is 227 g/mol. The lowest BCUT2D eigenvalue weighted by Gasteiger charge is -2.29. The van der Waals surface area contributed by atoms with Gasteiger partial charge in [-0.15, -0.1) is 10.2 Å². The van der Waals surface area contributed by atoms with Gasteiger partial charge in [0.15, 0.2) is 5.15 Å². The second kappa shape index (κ2) is 3.94. The molecule has 1 heterocycles. The molecule has 0 aliphatic heterocycles. The molecule has 1 aliphatic carbocycles. The van der Waals surface area contributed by atoms with Gasteiger partial charge in [0.05, 0.1) is 5.54 Å². The van der Waals surface area contributed by atoms with E-state index in [-0.39, 0.29) is 5.54 Å². The van der Waals surface area contributed by atoms with Crippen molar-refractivity contribution in [3.8, 4) is 0 Å². The highest BCUT2D eigenvalue weighted by molar-refractivity contribution is 6.29. The third-order valence-electron chi connectivity index (χ3n) is 2.95. The lowest BCUT2D eigenvalue weighted by Crippen LogP contribution is -2.44. The summed E-state index contributed by atoms with van der Waals surface area (Å²) in [7, 11) is 0. The maximum Gasteiger partial charge on any atom is 0.151 e. The van der Waals surface area contributed by atoms with Crippen LogP contribution in [-0.4, -0.2) is 22.3 Å². The van der Waals surface area contributed by atoms with Gasteiger partial charge in [0, 0.05) is 6.54 Å². The number of anilines is 1. The second-order valence-corrected chi connectivity index (χ2v) is 4.65. The largest absolute Gasteiger partial charge is 0.362 e. The number of halogens is 1. The molecule has 3 N–H and O–H groups in total. The number of nitrogens with zero attached hydrogens (tertiary/aromatic N) is 2. The first-order chi connectivity index (χ1) is 7.14. The smallest absolute Gasteiger partial charge is 0.151 e. The number of nitrogens with one attached hydrogen (secondary N) is 1. The van der Waals surface area contributed by atoms with Crippen LogP contribution in [0.5, 0.6) is 0 Å². The molecule has 0 aromatic carbocycles. The summed E-state index contributed by atoms with van der Waals surface area (Å²) in [6, 6.07) is 3.55. The minimum Gasteiger partial charge on any atom is -0.362 e. The van der Waals surface area contributed by atoms with Gasteiger partial charge >= 0.3 is 0 Å². The highest BCUT2D eigenvalue weighted by Crippen LogP contribution is 2.40. The van der Waals surface area contributed by atoms with E-state index in [0.717, 1.165) is 5.82 Å². The Morgan fingerprint density at radius 3 is 2.73 bits per heavy atom. The first-order valence-electron chi connectivity index (χ1n) is 5.11. The molecule has 4 nitrogen and oxygen atoms in total. The molecule has 1 fully saturated rings. The van der Waals surface area contributed by atoms with E-state index < -0.39 is 0 Å². The zero-order valence-electron chi connectivity index (χ0n) is 8.70. The Labute approximate surface area is 94.2 Å². The van der Waals surface area contributed by atoms with Crippen LogP contribution in [0.15, 0.2) is 12.1 Å². The molecule has 5 heteroatoms. The molecule has 1 saturated carbocycles. The van der Waals surface area contributed by atoms with Gasteiger partial charge < -0.3 is 11.1 Å². The number of hydrogen-bond donors (Lipinski definition) is 2. The maximum atomic E-state index is 5.79. The van der Waals surface area contributed by atoms with Crippen molar-refractivity contribution in [3.05, 3.63) is 17.3 Å². The molecule has 1 atom stereocenters. The zero-order chi connectivity index (χ0) is 10.9. The van der Waals surface area contributed by atoms with E-state index in [1.807, 2.05) is 6.07 Å². The lowest BCUT2D eigenvalue weighted by atomic mass is 9.96. The summed E-state index contributed by atoms with van der Waals surface area (Å²) in [5.74, 6) is 1.39. The Kier molecular flexibility index (Phi) is 2.80. The Balaban J connectivity index is 2.09. The van der Waals surface area contributed by atoms with Crippen LogP contribution in [0.3, 0.4) is 0 Å². The first-order valence-corrected chi connectivity index (χ1v) is 5.49. The fraction of sp³-hybridized carbons (Fsp3) is 0.600. The molecule has 0 amide bonds. The van der Waals surface area contributed by atoms with Crippen LogP contribution >= 0.6 is 11.6 Å². The normalized spacial score (nSPS) is 19.7. The summed E-state index contributed by atoms with van der Waals surface area (Å²) in [5.41, 5.74) is 5.72. The monoisotopic (exact) mass is 226 g/mol. The standard InChI is InChI=1S/C10H15ClN4/c1-10(6-12,7-2-3-7)13-9-5-4-8(11)14-15-9/h4-5,7H,2-3,6,12H2,1H3,(H,13,15). The Bertz CT molecular complexity index is 336. The van der Waals surface area contributed by atoms with Crippen molar-refractivity contribution in [2.45, 2.75) is 25.3 Å². The number of aromatic nitrogens is 2. The minimum absolute atomic E-state index is 0.0670. The van der Waals surface area contributed by atoms with Crippen LogP contribution in [0.4, 0.5) is 5.82 Å². The average Bonchev–Trinajstić information content (AvgIpc) is 3.05. The molecule has 1 unspecified atom stereocenters. The molecule has 2 rings (SSSR count). The third-order valence-corrected chi connectivity index (χ3v) is 3.15. The van der Waals surface area contributed by atoms with E-state index in [1.54, 1.807) is 6.07 Å². The van der Waals surface area contributed by atoms with E-state index in [9.17, 15) is 0 Å². The highest BCUT2D eigenvalue weighted by atomic mass is 35.5. The van der Waals surface area contributed by atoms with Crippen LogP contribution < -0.4 is 11.1 Å². The van der Waals surface area contributed by atoms with Crippen LogP contribution in [-0.2, 0) is 0 Å². The van der Waals surface area contributed by atoms with Gasteiger partial charge in [0.1, 0.15) is 5.82 Å². The third kappa shape index (κ3) is 2.38. The summed E-state index contributed by atoms with van der Waals surface area (Å²) in [5, 5.41) is 11.5. The van der Waals surface area contributed by atoms with Gasteiger partial charge in [-0.3, -0.25) is 0 Å². The van der Waals surface area contributed by atoms with Crippen molar-refractivity contribution in [1.29, 1.82) is 0 Å². The van der Waals surface area contributed by atoms with Gasteiger partial charge in [-0.05, 0) is 37.8 Å². The maximum absolute atomic E-state index is 5.79. The predicted molar refractivity (Wildman–Crippen MR) is 60.8 cm³/mol. The summed E-state index contributed by atoms with van der Waals surface area (Å²) < 4.78 is 0. The molecule has 0 spiro atoms.